The largest absolute Gasteiger partial charge is 0.494 e. The number of likely N-dealkylation sites (tertiary alicyclic amines) is 1. The Hall–Kier alpha value is -2.74. The van der Waals surface area contributed by atoms with E-state index in [1.54, 1.807) is 4.90 Å². The fourth-order valence-corrected chi connectivity index (χ4v) is 4.79. The molecule has 2 aromatic rings. The van der Waals surface area contributed by atoms with Crippen LogP contribution in [0.3, 0.4) is 0 Å². The van der Waals surface area contributed by atoms with Crippen LogP contribution in [-0.4, -0.2) is 49.1 Å². The lowest BCUT2D eigenvalue weighted by Crippen LogP contribution is -2.37. The number of alkyl halides is 3. The molecule has 1 N–H and O–H groups in total. The minimum Gasteiger partial charge on any atom is -0.494 e. The molecule has 2 atom stereocenters. The maximum absolute atomic E-state index is 12.8. The summed E-state index contributed by atoms with van der Waals surface area (Å²) in [6.45, 7) is 5.62. The van der Waals surface area contributed by atoms with E-state index in [0.29, 0.717) is 37.7 Å². The van der Waals surface area contributed by atoms with Crippen molar-refractivity contribution in [1.82, 2.24) is 4.90 Å². The Balaban J connectivity index is 1.28. The number of carbonyl (C=O) groups excluding carboxylic acids is 1. The number of ether oxygens (including phenoxy) is 1. The fraction of sp³-hybridized carbons (Fsp3) is 0.500. The van der Waals surface area contributed by atoms with Crippen LogP contribution in [0.5, 0.6) is 5.75 Å². The summed E-state index contributed by atoms with van der Waals surface area (Å²) in [5.41, 5.74) is 0.725. The van der Waals surface area contributed by atoms with E-state index in [0.717, 1.165) is 36.5 Å². The molecule has 2 aromatic carbocycles. The van der Waals surface area contributed by atoms with Gasteiger partial charge in [0.15, 0.2) is 0 Å². The molecule has 2 aliphatic heterocycles. The van der Waals surface area contributed by atoms with Crippen molar-refractivity contribution in [1.29, 1.82) is 0 Å². The van der Waals surface area contributed by atoms with Gasteiger partial charge in [-0.05, 0) is 87.7 Å². The minimum atomic E-state index is -4.35. The van der Waals surface area contributed by atoms with Gasteiger partial charge in [0.25, 0.3) is 0 Å². The van der Waals surface area contributed by atoms with Crippen molar-refractivity contribution in [3.8, 4) is 5.75 Å². The molecule has 2 aliphatic rings. The number of nitrogens with one attached hydrogen (secondary N) is 1. The van der Waals surface area contributed by atoms with Gasteiger partial charge >= 0.3 is 6.18 Å². The molecule has 34 heavy (non-hydrogen) atoms. The van der Waals surface area contributed by atoms with Crippen LogP contribution in [0, 0.1) is 0 Å². The summed E-state index contributed by atoms with van der Waals surface area (Å²) in [7, 11) is 0. The van der Waals surface area contributed by atoms with Gasteiger partial charge in [0.05, 0.1) is 18.2 Å². The zero-order valence-corrected chi connectivity index (χ0v) is 19.5. The number of carbonyl (C=O) groups is 1. The predicted octanol–water partition coefficient (Wildman–Crippen LogP) is 5.57. The molecule has 5 nitrogen and oxygen atoms in total. The molecule has 0 radical (unpaired) electrons. The lowest BCUT2D eigenvalue weighted by atomic mass is 10.1. The van der Waals surface area contributed by atoms with Gasteiger partial charge in [0, 0.05) is 36.9 Å². The summed E-state index contributed by atoms with van der Waals surface area (Å²) in [5.74, 6) is 0.830. The third-order valence-corrected chi connectivity index (χ3v) is 6.74. The zero-order chi connectivity index (χ0) is 24.1. The summed E-state index contributed by atoms with van der Waals surface area (Å²) in [6.07, 6.45) is 0.327. The van der Waals surface area contributed by atoms with Crippen LogP contribution in [0.2, 0.25) is 0 Å². The highest BCUT2D eigenvalue weighted by atomic mass is 19.4. The lowest BCUT2D eigenvalue weighted by Gasteiger charge is -2.26. The van der Waals surface area contributed by atoms with Gasteiger partial charge in [-0.15, -0.1) is 0 Å². The average Bonchev–Trinajstić information content (AvgIpc) is 3.40. The maximum atomic E-state index is 12.8. The monoisotopic (exact) mass is 475 g/mol. The molecule has 0 aliphatic carbocycles. The van der Waals surface area contributed by atoms with E-state index in [-0.39, 0.29) is 11.9 Å². The van der Waals surface area contributed by atoms with E-state index in [1.807, 2.05) is 24.3 Å². The average molecular weight is 476 g/mol. The molecular weight excluding hydrogens is 443 g/mol. The smallest absolute Gasteiger partial charge is 0.416 e. The first kappa shape index (κ1) is 24.4. The van der Waals surface area contributed by atoms with Gasteiger partial charge in [-0.3, -0.25) is 4.79 Å². The van der Waals surface area contributed by atoms with Crippen molar-refractivity contribution in [3.05, 3.63) is 54.1 Å². The van der Waals surface area contributed by atoms with Gasteiger partial charge in [0.1, 0.15) is 5.75 Å². The number of hydrogen-bond acceptors (Lipinski definition) is 4. The van der Waals surface area contributed by atoms with Crippen LogP contribution in [0.15, 0.2) is 48.5 Å². The first-order valence-corrected chi connectivity index (χ1v) is 12.0. The SMILES string of the molecule is CC1CCCN1CCCOc1ccc(N2C(=O)CC[C@H]2CNc2ccc(C(F)(F)F)cc2)cc1. The van der Waals surface area contributed by atoms with Gasteiger partial charge < -0.3 is 19.9 Å². The van der Waals surface area contributed by atoms with Crippen LogP contribution < -0.4 is 15.0 Å². The molecule has 4 rings (SSSR count). The molecule has 0 spiro atoms. The van der Waals surface area contributed by atoms with Crippen LogP contribution in [-0.2, 0) is 11.0 Å². The van der Waals surface area contributed by atoms with Gasteiger partial charge in [-0.25, -0.2) is 0 Å². The van der Waals surface area contributed by atoms with E-state index < -0.39 is 11.7 Å². The lowest BCUT2D eigenvalue weighted by molar-refractivity contribution is -0.137. The molecular formula is C26H32F3N3O2. The second kappa shape index (κ2) is 10.7. The Morgan fingerprint density at radius 3 is 2.44 bits per heavy atom. The molecule has 2 fully saturated rings. The molecule has 0 bridgehead atoms. The third-order valence-electron chi connectivity index (χ3n) is 6.74. The van der Waals surface area contributed by atoms with E-state index in [2.05, 4.69) is 17.1 Å². The first-order chi connectivity index (χ1) is 16.3. The number of anilines is 2. The Morgan fingerprint density at radius 1 is 1.06 bits per heavy atom. The molecule has 2 saturated heterocycles. The third kappa shape index (κ3) is 6.03. The number of amides is 1. The number of halogens is 3. The Bertz CT molecular complexity index is 947. The normalized spacial score (nSPS) is 21.3. The number of rotatable bonds is 9. The van der Waals surface area contributed by atoms with E-state index in [1.165, 1.54) is 31.5 Å². The second-order valence-electron chi connectivity index (χ2n) is 9.14. The molecule has 1 unspecified atom stereocenters. The summed E-state index contributed by atoms with van der Waals surface area (Å²) < 4.78 is 44.1. The van der Waals surface area contributed by atoms with Gasteiger partial charge in [-0.2, -0.15) is 13.2 Å². The van der Waals surface area contributed by atoms with E-state index in [9.17, 15) is 18.0 Å². The zero-order valence-electron chi connectivity index (χ0n) is 19.5. The van der Waals surface area contributed by atoms with Gasteiger partial charge in [-0.1, -0.05) is 0 Å². The van der Waals surface area contributed by atoms with Gasteiger partial charge in [0.2, 0.25) is 5.91 Å². The number of hydrogen-bond donors (Lipinski definition) is 1. The Kier molecular flexibility index (Phi) is 7.66. The molecule has 8 heteroatoms. The minimum absolute atomic E-state index is 0.0487. The molecule has 2 heterocycles. The molecule has 0 aromatic heterocycles. The summed E-state index contributed by atoms with van der Waals surface area (Å²) in [6, 6.07) is 13.1. The number of nitrogens with zero attached hydrogens (tertiary/aromatic N) is 2. The first-order valence-electron chi connectivity index (χ1n) is 12.0. The van der Waals surface area contributed by atoms with Crippen LogP contribution in [0.25, 0.3) is 0 Å². The Labute approximate surface area is 198 Å². The van der Waals surface area contributed by atoms with Crippen molar-refractivity contribution >= 4 is 17.3 Å². The summed E-state index contributed by atoms with van der Waals surface area (Å²) in [5, 5.41) is 3.17. The van der Waals surface area contributed by atoms with Crippen LogP contribution in [0.4, 0.5) is 24.5 Å². The predicted molar refractivity (Wildman–Crippen MR) is 127 cm³/mol. The van der Waals surface area contributed by atoms with Crippen molar-refractivity contribution < 1.29 is 22.7 Å². The van der Waals surface area contributed by atoms with Crippen molar-refractivity contribution in [2.45, 2.75) is 57.3 Å². The summed E-state index contributed by atoms with van der Waals surface area (Å²) >= 11 is 0. The van der Waals surface area contributed by atoms with Crippen molar-refractivity contribution in [3.63, 3.8) is 0 Å². The molecule has 184 valence electrons. The van der Waals surface area contributed by atoms with Crippen molar-refractivity contribution in [2.75, 3.05) is 36.5 Å². The summed E-state index contributed by atoms with van der Waals surface area (Å²) in [4.78, 5) is 16.8. The van der Waals surface area contributed by atoms with E-state index >= 15 is 0 Å². The standard InChI is InChI=1S/C26H32F3N3O2/c1-19-4-2-15-31(19)16-3-17-34-24-12-9-22(10-13-24)32-23(11-14-25(32)33)18-30-21-7-5-20(6-8-21)26(27,28)29/h5-10,12-13,19,23,30H,2-4,11,14-18H2,1H3/t19?,23-/m0/s1. The van der Waals surface area contributed by atoms with Crippen LogP contribution in [0.1, 0.15) is 44.6 Å². The highest BCUT2D eigenvalue weighted by molar-refractivity contribution is 5.96. The fourth-order valence-electron chi connectivity index (χ4n) is 4.79. The van der Waals surface area contributed by atoms with Crippen LogP contribution >= 0.6 is 0 Å². The second-order valence-corrected chi connectivity index (χ2v) is 9.14. The maximum Gasteiger partial charge on any atom is 0.416 e. The highest BCUT2D eigenvalue weighted by Crippen LogP contribution is 2.31. The number of benzene rings is 2. The Morgan fingerprint density at radius 2 is 1.79 bits per heavy atom. The van der Waals surface area contributed by atoms with E-state index in [4.69, 9.17) is 4.74 Å². The topological polar surface area (TPSA) is 44.8 Å². The quantitative estimate of drug-likeness (QED) is 0.482. The highest BCUT2D eigenvalue weighted by Gasteiger charge is 2.32. The van der Waals surface area contributed by atoms with Crippen molar-refractivity contribution in [2.24, 2.45) is 0 Å². The molecule has 0 saturated carbocycles. The molecule has 1 amide bonds.